The van der Waals surface area contributed by atoms with Crippen LogP contribution in [0.4, 0.5) is 4.79 Å². The monoisotopic (exact) mass is 359 g/mol. The van der Waals surface area contributed by atoms with Crippen molar-refractivity contribution in [2.75, 3.05) is 45.9 Å². The number of hydrogen-bond donors (Lipinski definition) is 2. The maximum Gasteiger partial charge on any atom is 0.314 e. The predicted molar refractivity (Wildman–Crippen MR) is 102 cm³/mol. The fraction of sp³-hybridized carbons (Fsp3) is 0.579. The number of rotatable bonds is 8. The van der Waals surface area contributed by atoms with Gasteiger partial charge in [0.1, 0.15) is 5.82 Å². The van der Waals surface area contributed by atoms with Crippen molar-refractivity contribution in [3.63, 3.8) is 0 Å². The molecule has 0 aliphatic carbocycles. The van der Waals surface area contributed by atoms with Crippen LogP contribution in [0.3, 0.4) is 0 Å². The highest BCUT2D eigenvalue weighted by molar-refractivity contribution is 5.75. The smallest absolute Gasteiger partial charge is 0.314 e. The lowest BCUT2D eigenvalue weighted by atomic mass is 10.3. The number of hydrogen-bond acceptors (Lipinski definition) is 4. The van der Waals surface area contributed by atoms with Crippen LogP contribution in [0.25, 0.3) is 11.0 Å². The quantitative estimate of drug-likeness (QED) is 0.705. The van der Waals surface area contributed by atoms with E-state index in [0.29, 0.717) is 13.1 Å². The van der Waals surface area contributed by atoms with E-state index in [1.807, 2.05) is 25.1 Å². The van der Waals surface area contributed by atoms with Crippen molar-refractivity contribution < 1.29 is 9.53 Å². The number of fused-ring (bicyclic) bond motifs is 1. The second kappa shape index (κ2) is 9.54. The fourth-order valence-corrected chi connectivity index (χ4v) is 3.31. The van der Waals surface area contributed by atoms with Gasteiger partial charge in [0.2, 0.25) is 0 Å². The van der Waals surface area contributed by atoms with Crippen molar-refractivity contribution in [1.82, 2.24) is 25.1 Å². The summed E-state index contributed by atoms with van der Waals surface area (Å²) in [5.41, 5.74) is 2.17. The minimum atomic E-state index is -0.0841. The molecule has 2 heterocycles. The third-order valence-corrected chi connectivity index (χ3v) is 4.73. The van der Waals surface area contributed by atoms with Crippen molar-refractivity contribution in [2.45, 2.75) is 26.3 Å². The molecule has 2 amide bonds. The van der Waals surface area contributed by atoms with E-state index < -0.39 is 0 Å². The van der Waals surface area contributed by atoms with Gasteiger partial charge in [-0.1, -0.05) is 12.1 Å². The molecule has 3 rings (SSSR count). The van der Waals surface area contributed by atoms with E-state index in [0.717, 1.165) is 69.1 Å². The van der Waals surface area contributed by atoms with E-state index in [2.05, 4.69) is 31.2 Å². The average molecular weight is 359 g/mol. The lowest BCUT2D eigenvalue weighted by Gasteiger charge is -2.26. The molecule has 26 heavy (non-hydrogen) atoms. The molecule has 0 atom stereocenters. The van der Waals surface area contributed by atoms with Gasteiger partial charge in [-0.2, -0.15) is 0 Å². The van der Waals surface area contributed by atoms with Crippen LogP contribution in [0.15, 0.2) is 24.3 Å². The number of imidazole rings is 1. The number of para-hydroxylation sites is 2. The summed E-state index contributed by atoms with van der Waals surface area (Å²) < 4.78 is 7.54. The Hall–Kier alpha value is -2.12. The third kappa shape index (κ3) is 5.19. The maximum atomic E-state index is 11.9. The zero-order valence-corrected chi connectivity index (χ0v) is 15.5. The van der Waals surface area contributed by atoms with Gasteiger partial charge in [-0.25, -0.2) is 9.78 Å². The molecule has 1 aromatic heterocycles. The summed E-state index contributed by atoms with van der Waals surface area (Å²) in [7, 11) is 0. The number of nitrogens with one attached hydrogen (secondary N) is 2. The fourth-order valence-electron chi connectivity index (χ4n) is 3.31. The topological polar surface area (TPSA) is 71.4 Å². The van der Waals surface area contributed by atoms with Gasteiger partial charge in [0.15, 0.2) is 0 Å². The number of carbonyl (C=O) groups excluding carboxylic acids is 1. The van der Waals surface area contributed by atoms with Gasteiger partial charge in [-0.05, 0) is 38.4 Å². The SMILES string of the molecule is Cc1nc2ccccc2n1CCCNC(=O)NCCCN1CCOCC1. The summed E-state index contributed by atoms with van der Waals surface area (Å²) in [6.45, 7) is 8.87. The zero-order chi connectivity index (χ0) is 18.2. The molecule has 0 bridgehead atoms. The molecule has 1 saturated heterocycles. The molecule has 0 unspecified atom stereocenters. The molecule has 2 aromatic rings. The Kier molecular flexibility index (Phi) is 6.85. The second-order valence-corrected chi connectivity index (χ2v) is 6.64. The first kappa shape index (κ1) is 18.7. The van der Waals surface area contributed by atoms with E-state index in [-0.39, 0.29) is 6.03 Å². The Morgan fingerprint density at radius 3 is 2.58 bits per heavy atom. The van der Waals surface area contributed by atoms with Crippen LogP contribution >= 0.6 is 0 Å². The first-order valence-electron chi connectivity index (χ1n) is 9.48. The number of urea groups is 1. The summed E-state index contributed by atoms with van der Waals surface area (Å²) in [6.07, 6.45) is 1.84. The van der Waals surface area contributed by atoms with E-state index >= 15 is 0 Å². The highest BCUT2D eigenvalue weighted by Gasteiger charge is 2.09. The number of ether oxygens (including phenoxy) is 1. The Bertz CT molecular complexity index is 709. The highest BCUT2D eigenvalue weighted by atomic mass is 16.5. The van der Waals surface area contributed by atoms with Gasteiger partial charge in [-0.3, -0.25) is 4.90 Å². The van der Waals surface area contributed by atoms with Crippen LogP contribution in [0.1, 0.15) is 18.7 Å². The Morgan fingerprint density at radius 2 is 1.81 bits per heavy atom. The largest absolute Gasteiger partial charge is 0.379 e. The molecular weight excluding hydrogens is 330 g/mol. The minimum absolute atomic E-state index is 0.0841. The van der Waals surface area contributed by atoms with Crippen LogP contribution in [-0.4, -0.2) is 66.4 Å². The molecule has 1 aliphatic rings. The number of carbonyl (C=O) groups is 1. The first-order valence-corrected chi connectivity index (χ1v) is 9.48. The van der Waals surface area contributed by atoms with Crippen LogP contribution in [-0.2, 0) is 11.3 Å². The normalized spacial score (nSPS) is 15.3. The second-order valence-electron chi connectivity index (χ2n) is 6.64. The van der Waals surface area contributed by atoms with Crippen LogP contribution in [0, 0.1) is 6.92 Å². The Morgan fingerprint density at radius 1 is 1.12 bits per heavy atom. The number of nitrogens with zero attached hydrogens (tertiary/aromatic N) is 3. The molecule has 1 aromatic carbocycles. The van der Waals surface area contributed by atoms with Crippen molar-refractivity contribution in [3.05, 3.63) is 30.1 Å². The number of benzene rings is 1. The van der Waals surface area contributed by atoms with Gasteiger partial charge in [0, 0.05) is 32.7 Å². The third-order valence-electron chi connectivity index (χ3n) is 4.73. The molecule has 2 N–H and O–H groups in total. The zero-order valence-electron chi connectivity index (χ0n) is 15.5. The molecule has 0 radical (unpaired) electrons. The van der Waals surface area contributed by atoms with E-state index in [1.54, 1.807) is 0 Å². The molecular formula is C19H29N5O2. The lowest BCUT2D eigenvalue weighted by Crippen LogP contribution is -2.40. The van der Waals surface area contributed by atoms with Gasteiger partial charge < -0.3 is 19.9 Å². The van der Waals surface area contributed by atoms with Crippen molar-refractivity contribution in [1.29, 1.82) is 0 Å². The number of amides is 2. The summed E-state index contributed by atoms with van der Waals surface area (Å²) >= 11 is 0. The number of aryl methyl sites for hydroxylation is 2. The summed E-state index contributed by atoms with van der Waals surface area (Å²) in [5.74, 6) is 1.01. The van der Waals surface area contributed by atoms with Crippen molar-refractivity contribution >= 4 is 17.1 Å². The van der Waals surface area contributed by atoms with Crippen LogP contribution in [0.2, 0.25) is 0 Å². The number of morpholine rings is 1. The van der Waals surface area contributed by atoms with Crippen LogP contribution < -0.4 is 10.6 Å². The first-order chi connectivity index (χ1) is 12.7. The van der Waals surface area contributed by atoms with E-state index in [4.69, 9.17) is 4.74 Å². The molecule has 1 aliphatic heterocycles. The molecule has 7 nitrogen and oxygen atoms in total. The van der Waals surface area contributed by atoms with Crippen LogP contribution in [0.5, 0.6) is 0 Å². The highest BCUT2D eigenvalue weighted by Crippen LogP contribution is 2.15. The van der Waals surface area contributed by atoms with Gasteiger partial charge in [0.25, 0.3) is 0 Å². The minimum Gasteiger partial charge on any atom is -0.379 e. The predicted octanol–water partition coefficient (Wildman–Crippen LogP) is 1.76. The van der Waals surface area contributed by atoms with E-state index in [1.165, 1.54) is 0 Å². The lowest BCUT2D eigenvalue weighted by molar-refractivity contribution is 0.0375. The van der Waals surface area contributed by atoms with Crippen molar-refractivity contribution in [3.8, 4) is 0 Å². The Labute approximate surface area is 154 Å². The molecule has 0 spiro atoms. The Balaban J connectivity index is 1.29. The number of aromatic nitrogens is 2. The van der Waals surface area contributed by atoms with Crippen molar-refractivity contribution in [2.24, 2.45) is 0 Å². The van der Waals surface area contributed by atoms with E-state index in [9.17, 15) is 4.79 Å². The van der Waals surface area contributed by atoms with Gasteiger partial charge >= 0.3 is 6.03 Å². The molecule has 1 fully saturated rings. The maximum absolute atomic E-state index is 11.9. The molecule has 0 saturated carbocycles. The summed E-state index contributed by atoms with van der Waals surface area (Å²) in [5, 5.41) is 5.86. The molecule has 7 heteroatoms. The standard InChI is InChI=1S/C19H29N5O2/c1-16-22-17-6-2-3-7-18(17)24(16)11-5-9-21-19(25)20-8-4-10-23-12-14-26-15-13-23/h2-3,6-7H,4-5,8-15H2,1H3,(H2,20,21,25). The van der Waals surface area contributed by atoms with Gasteiger partial charge in [-0.15, -0.1) is 0 Å². The summed E-state index contributed by atoms with van der Waals surface area (Å²) in [6, 6.07) is 8.07. The summed E-state index contributed by atoms with van der Waals surface area (Å²) in [4.78, 5) is 18.8. The molecule has 142 valence electrons. The average Bonchev–Trinajstić information content (AvgIpc) is 2.98. The van der Waals surface area contributed by atoms with Gasteiger partial charge in [0.05, 0.1) is 24.2 Å².